The van der Waals surface area contributed by atoms with Gasteiger partial charge in [-0.25, -0.2) is 0 Å². The summed E-state index contributed by atoms with van der Waals surface area (Å²) in [5.74, 6) is 0. The summed E-state index contributed by atoms with van der Waals surface area (Å²) in [6, 6.07) is 11.9. The molecule has 3 nitrogen and oxygen atoms in total. The number of halogens is 1. The van der Waals surface area contributed by atoms with Crippen LogP contribution in [0, 0.1) is 0 Å². The molecule has 18 heavy (non-hydrogen) atoms. The van der Waals surface area contributed by atoms with Crippen LogP contribution in [-0.4, -0.2) is 11.5 Å². The van der Waals surface area contributed by atoms with Gasteiger partial charge in [0.25, 0.3) is 0 Å². The summed E-state index contributed by atoms with van der Waals surface area (Å²) in [6.45, 7) is 0.986. The molecule has 1 heterocycles. The van der Waals surface area contributed by atoms with Gasteiger partial charge in [-0.3, -0.25) is 4.98 Å². The van der Waals surface area contributed by atoms with E-state index in [1.54, 1.807) is 12.4 Å². The van der Waals surface area contributed by atoms with Crippen LogP contribution in [0.1, 0.15) is 17.2 Å². The van der Waals surface area contributed by atoms with E-state index in [1.807, 2.05) is 36.4 Å². The van der Waals surface area contributed by atoms with Gasteiger partial charge in [-0.15, -0.1) is 0 Å². The number of pyridine rings is 1. The summed E-state index contributed by atoms with van der Waals surface area (Å²) in [4.78, 5) is 3.99. The van der Waals surface area contributed by atoms with Crippen LogP contribution in [-0.2, 0) is 11.3 Å². The first-order valence-electron chi connectivity index (χ1n) is 5.76. The first-order chi connectivity index (χ1) is 8.81. The van der Waals surface area contributed by atoms with Gasteiger partial charge in [0.2, 0.25) is 0 Å². The van der Waals surface area contributed by atoms with E-state index in [4.69, 9.17) is 10.5 Å². The highest BCUT2D eigenvalue weighted by molar-refractivity contribution is 9.10. The number of hydrogen-bond donors (Lipinski definition) is 1. The summed E-state index contributed by atoms with van der Waals surface area (Å²) in [5, 5.41) is 0. The molecule has 1 aromatic carbocycles. The number of aromatic nitrogens is 1. The van der Waals surface area contributed by atoms with Crippen molar-refractivity contribution in [2.45, 2.75) is 12.7 Å². The molecule has 0 radical (unpaired) electrons. The first-order valence-corrected chi connectivity index (χ1v) is 6.55. The number of hydrogen-bond acceptors (Lipinski definition) is 3. The maximum absolute atomic E-state index is 5.86. The van der Waals surface area contributed by atoms with Gasteiger partial charge in [0, 0.05) is 23.4 Å². The average molecular weight is 307 g/mol. The fourth-order valence-corrected chi connectivity index (χ4v) is 2.08. The van der Waals surface area contributed by atoms with Crippen molar-refractivity contribution in [1.29, 1.82) is 0 Å². The summed E-state index contributed by atoms with van der Waals surface area (Å²) >= 11 is 3.50. The number of ether oxygens (including phenoxy) is 1. The Balaban J connectivity index is 2.02. The Bertz CT molecular complexity index is 490. The zero-order chi connectivity index (χ0) is 12.8. The summed E-state index contributed by atoms with van der Waals surface area (Å²) < 4.78 is 6.91. The van der Waals surface area contributed by atoms with Crippen LogP contribution in [0.5, 0.6) is 0 Å². The Morgan fingerprint density at radius 3 is 2.56 bits per heavy atom. The molecule has 0 amide bonds. The first kappa shape index (κ1) is 13.2. The SMILES string of the molecule is NCC(OCc1ccccc1Br)c1ccncc1. The van der Waals surface area contributed by atoms with Crippen LogP contribution in [0.15, 0.2) is 53.3 Å². The third-order valence-corrected chi connectivity index (χ3v) is 3.46. The molecule has 0 aliphatic carbocycles. The van der Waals surface area contributed by atoms with Crippen molar-refractivity contribution in [2.75, 3.05) is 6.54 Å². The highest BCUT2D eigenvalue weighted by Gasteiger charge is 2.10. The highest BCUT2D eigenvalue weighted by Crippen LogP contribution is 2.21. The van der Waals surface area contributed by atoms with E-state index in [0.29, 0.717) is 13.2 Å². The van der Waals surface area contributed by atoms with Crippen molar-refractivity contribution in [2.24, 2.45) is 5.73 Å². The van der Waals surface area contributed by atoms with Crippen LogP contribution in [0.2, 0.25) is 0 Å². The molecule has 0 saturated carbocycles. The molecule has 1 atom stereocenters. The van der Waals surface area contributed by atoms with E-state index in [-0.39, 0.29) is 6.10 Å². The van der Waals surface area contributed by atoms with Crippen molar-refractivity contribution < 1.29 is 4.74 Å². The molecule has 4 heteroatoms. The van der Waals surface area contributed by atoms with Crippen molar-refractivity contribution in [3.8, 4) is 0 Å². The third-order valence-electron chi connectivity index (χ3n) is 2.69. The fourth-order valence-electron chi connectivity index (χ4n) is 1.68. The molecule has 0 fully saturated rings. The van der Waals surface area contributed by atoms with Gasteiger partial charge in [0.05, 0.1) is 12.7 Å². The van der Waals surface area contributed by atoms with Crippen LogP contribution >= 0.6 is 15.9 Å². The smallest absolute Gasteiger partial charge is 0.0952 e. The minimum atomic E-state index is -0.0971. The fraction of sp³-hybridized carbons (Fsp3) is 0.214. The average Bonchev–Trinajstić information content (AvgIpc) is 2.42. The van der Waals surface area contributed by atoms with E-state index in [0.717, 1.165) is 15.6 Å². The molecule has 0 saturated heterocycles. The molecular formula is C14H15BrN2O. The summed E-state index contributed by atoms with van der Waals surface area (Å²) in [7, 11) is 0. The minimum Gasteiger partial charge on any atom is -0.367 e. The van der Waals surface area contributed by atoms with Crippen LogP contribution in [0.3, 0.4) is 0 Å². The molecule has 2 aromatic rings. The molecule has 0 bridgehead atoms. The predicted octanol–water partition coefficient (Wildman–Crippen LogP) is 3.06. The Morgan fingerprint density at radius 1 is 1.17 bits per heavy atom. The minimum absolute atomic E-state index is 0.0971. The summed E-state index contributed by atoms with van der Waals surface area (Å²) in [5.41, 5.74) is 7.92. The van der Waals surface area contributed by atoms with Crippen LogP contribution in [0.25, 0.3) is 0 Å². The maximum Gasteiger partial charge on any atom is 0.0952 e. The molecular weight excluding hydrogens is 292 g/mol. The van der Waals surface area contributed by atoms with E-state index in [2.05, 4.69) is 20.9 Å². The molecule has 94 valence electrons. The summed E-state index contributed by atoms with van der Waals surface area (Å²) in [6.07, 6.45) is 3.40. The Hall–Kier alpha value is -1.23. The maximum atomic E-state index is 5.86. The number of nitrogens with two attached hydrogens (primary N) is 1. The Labute approximate surface area is 115 Å². The van der Waals surface area contributed by atoms with Gasteiger partial charge in [-0.05, 0) is 29.3 Å². The van der Waals surface area contributed by atoms with Crippen molar-refractivity contribution in [3.63, 3.8) is 0 Å². The number of nitrogens with zero attached hydrogens (tertiary/aromatic N) is 1. The van der Waals surface area contributed by atoms with E-state index < -0.39 is 0 Å². The lowest BCUT2D eigenvalue weighted by Crippen LogP contribution is -2.16. The molecule has 1 unspecified atom stereocenters. The van der Waals surface area contributed by atoms with Gasteiger partial charge in [-0.2, -0.15) is 0 Å². The lowest BCUT2D eigenvalue weighted by molar-refractivity contribution is 0.0453. The van der Waals surface area contributed by atoms with Crippen molar-refractivity contribution >= 4 is 15.9 Å². The predicted molar refractivity (Wildman–Crippen MR) is 75.0 cm³/mol. The second-order valence-corrected chi connectivity index (χ2v) is 4.76. The Kier molecular flexibility index (Phi) is 4.87. The van der Waals surface area contributed by atoms with E-state index in [1.165, 1.54) is 0 Å². The van der Waals surface area contributed by atoms with Gasteiger partial charge < -0.3 is 10.5 Å². The topological polar surface area (TPSA) is 48.1 Å². The monoisotopic (exact) mass is 306 g/mol. The third kappa shape index (κ3) is 3.38. The number of rotatable bonds is 5. The van der Waals surface area contributed by atoms with Gasteiger partial charge in [0.15, 0.2) is 0 Å². The van der Waals surface area contributed by atoms with Gasteiger partial charge in [0.1, 0.15) is 0 Å². The van der Waals surface area contributed by atoms with E-state index >= 15 is 0 Å². The standard InChI is InChI=1S/C14H15BrN2O/c15-13-4-2-1-3-12(13)10-18-14(9-16)11-5-7-17-8-6-11/h1-8,14H,9-10,16H2. The van der Waals surface area contributed by atoms with E-state index in [9.17, 15) is 0 Å². The zero-order valence-corrected chi connectivity index (χ0v) is 11.5. The van der Waals surface area contributed by atoms with Crippen molar-refractivity contribution in [3.05, 3.63) is 64.4 Å². The van der Waals surface area contributed by atoms with Crippen LogP contribution in [0.4, 0.5) is 0 Å². The lowest BCUT2D eigenvalue weighted by atomic mass is 10.1. The van der Waals surface area contributed by atoms with Gasteiger partial charge in [-0.1, -0.05) is 34.1 Å². The van der Waals surface area contributed by atoms with Gasteiger partial charge >= 0.3 is 0 Å². The molecule has 2 rings (SSSR count). The second-order valence-electron chi connectivity index (χ2n) is 3.91. The largest absolute Gasteiger partial charge is 0.367 e. The molecule has 0 aliphatic heterocycles. The Morgan fingerprint density at radius 2 is 1.89 bits per heavy atom. The second kappa shape index (κ2) is 6.64. The molecule has 0 spiro atoms. The van der Waals surface area contributed by atoms with Crippen LogP contribution < -0.4 is 5.73 Å². The zero-order valence-electron chi connectivity index (χ0n) is 9.92. The number of benzene rings is 1. The molecule has 1 aromatic heterocycles. The molecule has 2 N–H and O–H groups in total. The highest BCUT2D eigenvalue weighted by atomic mass is 79.9. The normalized spacial score (nSPS) is 12.3. The lowest BCUT2D eigenvalue weighted by Gasteiger charge is -2.16. The quantitative estimate of drug-likeness (QED) is 0.923. The molecule has 0 aliphatic rings. The van der Waals surface area contributed by atoms with Crippen molar-refractivity contribution in [1.82, 2.24) is 4.98 Å².